The predicted molar refractivity (Wildman–Crippen MR) is 99.4 cm³/mol. The molecule has 156 valence electrons. The minimum absolute atomic E-state index is 0.150. The molecule has 3 rings (SSSR count). The average Bonchev–Trinajstić information content (AvgIpc) is 2.85. The largest absolute Gasteiger partial charge is 0.534 e. The maximum Gasteiger partial charge on any atom is 0.534 e. The number of hydrogen-bond donors (Lipinski definition) is 0. The summed E-state index contributed by atoms with van der Waals surface area (Å²) >= 11 is 0. The molecule has 29 heavy (non-hydrogen) atoms. The van der Waals surface area contributed by atoms with E-state index >= 15 is 0 Å². The van der Waals surface area contributed by atoms with Crippen molar-refractivity contribution < 1.29 is 25.8 Å². The van der Waals surface area contributed by atoms with Crippen LogP contribution in [-0.2, 0) is 23.2 Å². The monoisotopic (exact) mass is 428 g/mol. The molecule has 1 aliphatic rings. The van der Waals surface area contributed by atoms with Gasteiger partial charge in [0, 0.05) is 31.2 Å². The number of imidazole rings is 1. The Balaban J connectivity index is 2.16. The van der Waals surface area contributed by atoms with Gasteiger partial charge in [-0.2, -0.15) is 31.8 Å². The van der Waals surface area contributed by atoms with Gasteiger partial charge in [-0.1, -0.05) is 11.6 Å². The van der Waals surface area contributed by atoms with Crippen molar-refractivity contribution in [2.45, 2.75) is 45.4 Å². The number of allylic oxidation sites excluding steroid dienone is 1. The molecule has 0 spiro atoms. The molecule has 1 aliphatic heterocycles. The number of rotatable bonds is 4. The predicted octanol–water partition coefficient (Wildman–Crippen LogP) is 3.31. The molecule has 0 aliphatic carbocycles. The van der Waals surface area contributed by atoms with Crippen LogP contribution in [0.3, 0.4) is 0 Å². The number of nitrogens with zero attached hydrogens (tertiary/aromatic N) is 4. The molecule has 11 heteroatoms. The molecule has 7 nitrogen and oxygen atoms in total. The normalized spacial score (nSPS) is 17.6. The van der Waals surface area contributed by atoms with Crippen molar-refractivity contribution in [1.82, 2.24) is 14.5 Å². The van der Waals surface area contributed by atoms with Gasteiger partial charge in [0.1, 0.15) is 0 Å². The summed E-state index contributed by atoms with van der Waals surface area (Å²) in [5.41, 5.74) is -2.88. The van der Waals surface area contributed by atoms with Crippen molar-refractivity contribution >= 4 is 21.2 Å². The fourth-order valence-electron chi connectivity index (χ4n) is 3.20. The van der Waals surface area contributed by atoms with Crippen LogP contribution >= 0.6 is 0 Å². The van der Waals surface area contributed by atoms with Crippen molar-refractivity contribution in [3.05, 3.63) is 34.9 Å². The van der Waals surface area contributed by atoms with Gasteiger partial charge < -0.3 is 4.18 Å². The first-order chi connectivity index (χ1) is 13.4. The van der Waals surface area contributed by atoms with E-state index in [2.05, 4.69) is 20.1 Å². The zero-order valence-corrected chi connectivity index (χ0v) is 16.8. The highest BCUT2D eigenvalue weighted by Crippen LogP contribution is 2.34. The molecule has 1 aromatic carbocycles. The van der Waals surface area contributed by atoms with E-state index in [1.54, 1.807) is 0 Å². The second-order valence-corrected chi connectivity index (χ2v) is 8.66. The molecule has 0 unspecified atom stereocenters. The van der Waals surface area contributed by atoms with Crippen molar-refractivity contribution in [1.29, 1.82) is 5.26 Å². The summed E-state index contributed by atoms with van der Waals surface area (Å²) in [7, 11) is -5.87. The van der Waals surface area contributed by atoms with Gasteiger partial charge in [0.15, 0.2) is 0 Å². The van der Waals surface area contributed by atoms with Gasteiger partial charge in [0.25, 0.3) is 0 Å². The highest BCUT2D eigenvalue weighted by Gasteiger charge is 2.49. The van der Waals surface area contributed by atoms with Crippen LogP contribution in [-0.4, -0.2) is 41.0 Å². The zero-order valence-electron chi connectivity index (χ0n) is 16.0. The molecule has 2 aromatic rings. The minimum atomic E-state index is -5.87. The first-order valence-corrected chi connectivity index (χ1v) is 10.2. The Morgan fingerprint density at radius 3 is 2.69 bits per heavy atom. The van der Waals surface area contributed by atoms with Crippen molar-refractivity contribution in [2.24, 2.45) is 0 Å². The molecule has 0 saturated carbocycles. The fraction of sp³-hybridized carbons (Fsp3) is 0.444. The number of nitriles is 1. The molecule has 0 amide bonds. The number of benzene rings is 1. The Hall–Kier alpha value is -2.58. The van der Waals surface area contributed by atoms with E-state index in [0.717, 1.165) is 5.57 Å². The van der Waals surface area contributed by atoms with E-state index in [1.165, 1.54) is 16.7 Å². The molecular weight excluding hydrogens is 409 g/mol. The van der Waals surface area contributed by atoms with Crippen LogP contribution < -0.4 is 4.18 Å². The van der Waals surface area contributed by atoms with Crippen molar-refractivity contribution in [3.63, 3.8) is 0 Å². The Bertz CT molecular complexity index is 1130. The highest BCUT2D eigenvalue weighted by molar-refractivity contribution is 7.87. The van der Waals surface area contributed by atoms with Crippen LogP contribution in [0.15, 0.2) is 23.8 Å². The smallest absolute Gasteiger partial charge is 0.338 e. The lowest BCUT2D eigenvalue weighted by Gasteiger charge is -2.26. The lowest BCUT2D eigenvalue weighted by atomic mass is 10.1. The van der Waals surface area contributed by atoms with Crippen molar-refractivity contribution in [2.75, 3.05) is 6.54 Å². The van der Waals surface area contributed by atoms with E-state index in [0.29, 0.717) is 29.7 Å². The van der Waals surface area contributed by atoms with Gasteiger partial charge in [-0.25, -0.2) is 0 Å². The quantitative estimate of drug-likeness (QED) is 0.422. The second kappa shape index (κ2) is 7.35. The van der Waals surface area contributed by atoms with Crippen molar-refractivity contribution in [3.8, 4) is 12.1 Å². The van der Waals surface area contributed by atoms with Gasteiger partial charge in [-0.15, -0.1) is 0 Å². The summed E-state index contributed by atoms with van der Waals surface area (Å²) in [5.74, 6) is 0. The molecular formula is C18H19F3N4O3S. The van der Waals surface area contributed by atoms with Crippen LogP contribution in [0.1, 0.15) is 31.9 Å². The van der Waals surface area contributed by atoms with E-state index < -0.39 is 21.6 Å². The van der Waals surface area contributed by atoms with Crippen LogP contribution in [0, 0.1) is 11.3 Å². The van der Waals surface area contributed by atoms with E-state index in [1.807, 2.05) is 26.8 Å². The Morgan fingerprint density at radius 2 is 2.10 bits per heavy atom. The first kappa shape index (κ1) is 21.1. The van der Waals surface area contributed by atoms with Crippen LogP contribution in [0.2, 0.25) is 0 Å². The van der Waals surface area contributed by atoms with E-state index in [-0.39, 0.29) is 18.1 Å². The summed E-state index contributed by atoms with van der Waals surface area (Å²) in [6, 6.07) is 4.23. The maximum atomic E-state index is 12.8. The molecule has 2 heterocycles. The molecule has 0 saturated heterocycles. The molecule has 0 fully saturated rings. The standard InChI is InChI=1S/C18H19F3N4O3S/c1-11(2)6-7-24-10-14-13(8-22)4-5-15-16(14)25(9-12(24)3)17(23-15)28-29(26,27)18(19,20)21/h4-6,12H,7,9-10H2,1-3H3/t12-/m0/s1. The average molecular weight is 428 g/mol. The maximum absolute atomic E-state index is 12.8. The SMILES string of the molecule is CC(C)=CCN1Cc2c(C#N)ccc3nc(OS(=O)(=O)C(F)(F)F)n(c23)C[C@@H]1C. The summed E-state index contributed by atoms with van der Waals surface area (Å²) in [5, 5.41) is 9.50. The third-order valence-electron chi connectivity index (χ3n) is 4.73. The third-order valence-corrected chi connectivity index (χ3v) is 5.67. The molecule has 1 atom stereocenters. The fourth-order valence-corrected chi connectivity index (χ4v) is 3.62. The number of hydrogen-bond acceptors (Lipinski definition) is 6. The Morgan fingerprint density at radius 1 is 1.41 bits per heavy atom. The summed E-state index contributed by atoms with van der Waals surface area (Å²) < 4.78 is 67.2. The summed E-state index contributed by atoms with van der Waals surface area (Å²) in [6.07, 6.45) is 2.01. The summed E-state index contributed by atoms with van der Waals surface area (Å²) in [4.78, 5) is 6.01. The van der Waals surface area contributed by atoms with Gasteiger partial charge in [-0.05, 0) is 32.9 Å². The molecule has 0 N–H and O–H groups in total. The molecule has 0 bridgehead atoms. The third kappa shape index (κ3) is 3.95. The van der Waals surface area contributed by atoms with Crippen LogP contribution in [0.4, 0.5) is 13.2 Å². The Labute approximate surface area is 166 Å². The molecule has 1 aromatic heterocycles. The van der Waals surface area contributed by atoms with E-state index in [4.69, 9.17) is 0 Å². The minimum Gasteiger partial charge on any atom is -0.338 e. The highest BCUT2D eigenvalue weighted by atomic mass is 32.2. The number of aromatic nitrogens is 2. The lowest BCUT2D eigenvalue weighted by molar-refractivity contribution is -0.0503. The van der Waals surface area contributed by atoms with Gasteiger partial charge in [0.2, 0.25) is 0 Å². The zero-order chi connectivity index (χ0) is 21.6. The van der Waals surface area contributed by atoms with Crippen LogP contribution in [0.5, 0.6) is 6.01 Å². The van der Waals surface area contributed by atoms with Gasteiger partial charge in [-0.3, -0.25) is 9.47 Å². The number of halogens is 3. The van der Waals surface area contributed by atoms with E-state index in [9.17, 15) is 26.9 Å². The summed E-state index contributed by atoms with van der Waals surface area (Å²) in [6.45, 7) is 6.85. The molecule has 0 radical (unpaired) electrons. The second-order valence-electron chi connectivity index (χ2n) is 7.12. The van der Waals surface area contributed by atoms with Gasteiger partial charge in [0.05, 0.1) is 22.7 Å². The Kier molecular flexibility index (Phi) is 5.36. The topological polar surface area (TPSA) is 88.2 Å². The van der Waals surface area contributed by atoms with Gasteiger partial charge >= 0.3 is 21.6 Å². The lowest BCUT2D eigenvalue weighted by Crippen LogP contribution is -2.35. The van der Waals surface area contributed by atoms with Crippen LogP contribution in [0.25, 0.3) is 11.0 Å². The number of alkyl halides is 3. The first-order valence-electron chi connectivity index (χ1n) is 8.75.